The monoisotopic (exact) mass is 659 g/mol. The molecule has 0 radical (unpaired) electrons. The first kappa shape index (κ1) is 34.5. The number of carbonyl (C=O) groups excluding carboxylic acids is 2. The van der Waals surface area contributed by atoms with E-state index in [1.54, 1.807) is 36.9 Å². The predicted molar refractivity (Wildman–Crippen MR) is 177 cm³/mol. The van der Waals surface area contributed by atoms with Crippen LogP contribution in [0.5, 0.6) is 0 Å². The van der Waals surface area contributed by atoms with Crippen molar-refractivity contribution in [3.05, 3.63) is 64.1 Å². The van der Waals surface area contributed by atoms with E-state index in [0.29, 0.717) is 35.0 Å². The third-order valence-corrected chi connectivity index (χ3v) is 9.10. The zero-order chi connectivity index (χ0) is 32.3. The van der Waals surface area contributed by atoms with Crippen molar-refractivity contribution in [3.8, 4) is 0 Å². The first-order chi connectivity index (χ1) is 21.7. The Morgan fingerprint density at radius 2 is 1.80 bits per heavy atom. The number of benzene rings is 2. The van der Waals surface area contributed by atoms with Gasteiger partial charge in [0.15, 0.2) is 5.96 Å². The van der Waals surface area contributed by atoms with Crippen molar-refractivity contribution < 1.29 is 24.2 Å². The van der Waals surface area contributed by atoms with E-state index in [-0.39, 0.29) is 30.4 Å². The van der Waals surface area contributed by atoms with Gasteiger partial charge in [-0.25, -0.2) is 4.79 Å². The molecular formula is C33H43Cl2N5O5. The number of hydrogen-bond acceptors (Lipinski definition) is 8. The highest BCUT2D eigenvalue weighted by atomic mass is 35.5. The summed E-state index contributed by atoms with van der Waals surface area (Å²) in [5.41, 5.74) is 1.80. The second-order valence-corrected chi connectivity index (χ2v) is 12.4. The van der Waals surface area contributed by atoms with Gasteiger partial charge < -0.3 is 25.4 Å². The molecule has 0 unspecified atom stereocenters. The topological polar surface area (TPSA) is 132 Å². The Morgan fingerprint density at radius 3 is 2.44 bits per heavy atom. The van der Waals surface area contributed by atoms with Crippen LogP contribution in [0, 0.1) is 5.92 Å². The maximum Gasteiger partial charge on any atom is 0.326 e. The van der Waals surface area contributed by atoms with Gasteiger partial charge in [-0.3, -0.25) is 19.9 Å². The lowest BCUT2D eigenvalue weighted by molar-refractivity contribution is -0.152. The lowest BCUT2D eigenvalue weighted by Crippen LogP contribution is -2.55. The third-order valence-electron chi connectivity index (χ3n) is 8.47. The van der Waals surface area contributed by atoms with E-state index < -0.39 is 24.1 Å². The molecule has 1 saturated carbocycles. The molecule has 1 amide bonds. The third kappa shape index (κ3) is 9.34. The summed E-state index contributed by atoms with van der Waals surface area (Å²) in [6.07, 6.45) is 5.62. The molecule has 2 aliphatic heterocycles. The van der Waals surface area contributed by atoms with Crippen LogP contribution in [0.2, 0.25) is 10.0 Å². The number of aryl methyl sites for hydroxylation is 1. The molecule has 1 saturated heterocycles. The highest BCUT2D eigenvalue weighted by molar-refractivity contribution is 6.39. The molecule has 5 atom stereocenters. The normalized spacial score (nSPS) is 21.7. The van der Waals surface area contributed by atoms with E-state index >= 15 is 0 Å². The van der Waals surface area contributed by atoms with Crippen LogP contribution >= 0.6 is 23.2 Å². The summed E-state index contributed by atoms with van der Waals surface area (Å²) in [6.45, 7) is 5.37. The van der Waals surface area contributed by atoms with E-state index in [1.165, 1.54) is 0 Å². The Bertz CT molecular complexity index is 1320. The number of nitrogens with one attached hydrogen (secondary N) is 3. The Hall–Kier alpha value is -3.34. The van der Waals surface area contributed by atoms with Crippen molar-refractivity contribution in [1.82, 2.24) is 15.5 Å². The number of esters is 1. The largest absolute Gasteiger partial charge is 0.480 e. The summed E-state index contributed by atoms with van der Waals surface area (Å²) in [5.74, 6) is -0.591. The number of guanidine groups is 1. The molecule has 0 spiro atoms. The number of ether oxygens (including phenoxy) is 1. The SMILES string of the molecule is CCOC(=O)[C@H](CCc1ccccc1)N[C@@H](C)C(=O)N1[C@H](C(=O)O)C[C@H]2CCCC[C@@H]21.Clc1cccc(Cl)c1NC1=NCCN1. The van der Waals surface area contributed by atoms with E-state index in [2.05, 4.69) is 20.9 Å². The van der Waals surface area contributed by atoms with Crippen molar-refractivity contribution >= 4 is 52.7 Å². The Kier molecular flexibility index (Phi) is 12.9. The standard InChI is InChI=1S/C24H34N2O5.C9H9Cl2N3/c1-3-31-24(30)19(14-13-17-9-5-4-6-10-17)25-16(2)22(27)26-20-12-8-7-11-18(20)15-21(26)23(28)29;10-6-2-1-3-7(11)8(6)14-9-12-4-5-13-9/h4-6,9-10,16,18-21,25H,3,7-8,11-15H2,1-2H3,(H,28,29);1-3H,4-5H2,(H2,12,13,14)/t16-,18+,19-,20-,21-;/m0./s1. The van der Waals surface area contributed by atoms with Crippen LogP contribution in [-0.4, -0.2) is 77.7 Å². The zero-order valence-electron chi connectivity index (χ0n) is 25.8. The van der Waals surface area contributed by atoms with Crippen LogP contribution in [0.25, 0.3) is 0 Å². The number of carbonyl (C=O) groups is 3. The smallest absolute Gasteiger partial charge is 0.326 e. The molecule has 2 aromatic rings. The van der Waals surface area contributed by atoms with Gasteiger partial charge in [0.25, 0.3) is 0 Å². The fourth-order valence-electron chi connectivity index (χ4n) is 6.28. The molecular weight excluding hydrogens is 617 g/mol. The van der Waals surface area contributed by atoms with Gasteiger partial charge in [-0.1, -0.05) is 72.4 Å². The average molecular weight is 661 g/mol. The molecule has 2 fully saturated rings. The zero-order valence-corrected chi connectivity index (χ0v) is 27.3. The number of likely N-dealkylation sites (tertiary alicyclic amines) is 1. The molecule has 0 aromatic heterocycles. The number of amides is 1. The molecule has 2 aromatic carbocycles. The summed E-state index contributed by atoms with van der Waals surface area (Å²) in [4.78, 5) is 43.5. The summed E-state index contributed by atoms with van der Waals surface area (Å²) >= 11 is 12.0. The number of aliphatic carboxylic acids is 1. The number of nitrogens with zero attached hydrogens (tertiary/aromatic N) is 2. The molecule has 10 nitrogen and oxygen atoms in total. The first-order valence-corrected chi connectivity index (χ1v) is 16.5. The predicted octanol–water partition coefficient (Wildman–Crippen LogP) is 5.14. The number of halogens is 2. The minimum absolute atomic E-state index is 0.0167. The molecule has 2 heterocycles. The van der Waals surface area contributed by atoms with E-state index in [1.807, 2.05) is 30.3 Å². The lowest BCUT2D eigenvalue weighted by Gasteiger charge is -2.35. The number of anilines is 1. The van der Waals surface area contributed by atoms with Crippen molar-refractivity contribution in [2.24, 2.45) is 10.9 Å². The van der Waals surface area contributed by atoms with Gasteiger partial charge in [0.1, 0.15) is 12.1 Å². The van der Waals surface area contributed by atoms with Crippen molar-refractivity contribution in [3.63, 3.8) is 0 Å². The maximum absolute atomic E-state index is 13.4. The number of carboxylic acids is 1. The summed E-state index contributed by atoms with van der Waals surface area (Å²) in [7, 11) is 0. The van der Waals surface area contributed by atoms with Gasteiger partial charge >= 0.3 is 11.9 Å². The summed E-state index contributed by atoms with van der Waals surface area (Å²) in [6, 6.07) is 13.1. The van der Waals surface area contributed by atoms with E-state index in [4.69, 9.17) is 27.9 Å². The quantitative estimate of drug-likeness (QED) is 0.258. The van der Waals surface area contributed by atoms with E-state index in [9.17, 15) is 19.5 Å². The average Bonchev–Trinajstić information content (AvgIpc) is 3.70. The Labute approximate surface area is 274 Å². The number of rotatable bonds is 10. The highest BCUT2D eigenvalue weighted by Gasteiger charge is 2.48. The number of carboxylic acid groups (broad SMARTS) is 1. The molecule has 244 valence electrons. The maximum atomic E-state index is 13.4. The second-order valence-electron chi connectivity index (χ2n) is 11.5. The van der Waals surface area contributed by atoms with Gasteiger partial charge in [-0.15, -0.1) is 0 Å². The van der Waals surface area contributed by atoms with Crippen molar-refractivity contribution in [2.45, 2.75) is 83.0 Å². The fourth-order valence-corrected chi connectivity index (χ4v) is 6.77. The number of aliphatic imine (C=N–C) groups is 1. The Morgan fingerprint density at radius 1 is 1.09 bits per heavy atom. The molecule has 3 aliphatic rings. The molecule has 5 rings (SSSR count). The number of hydrogen-bond donors (Lipinski definition) is 4. The number of fused-ring (bicyclic) bond motifs is 1. The van der Waals surface area contributed by atoms with E-state index in [0.717, 1.165) is 50.3 Å². The van der Waals surface area contributed by atoms with Gasteiger partial charge in [0.2, 0.25) is 5.91 Å². The van der Waals surface area contributed by atoms with Crippen molar-refractivity contribution in [1.29, 1.82) is 0 Å². The first-order valence-electron chi connectivity index (χ1n) is 15.7. The van der Waals surface area contributed by atoms with Gasteiger partial charge in [0.05, 0.1) is 34.9 Å². The lowest BCUT2D eigenvalue weighted by atomic mass is 9.84. The van der Waals surface area contributed by atoms with Crippen LogP contribution in [0.4, 0.5) is 5.69 Å². The highest BCUT2D eigenvalue weighted by Crippen LogP contribution is 2.40. The molecule has 0 bridgehead atoms. The Balaban J connectivity index is 0.000000273. The molecule has 45 heavy (non-hydrogen) atoms. The van der Waals surface area contributed by atoms with Crippen molar-refractivity contribution in [2.75, 3.05) is 25.0 Å². The molecule has 12 heteroatoms. The second kappa shape index (κ2) is 16.8. The molecule has 4 N–H and O–H groups in total. The van der Waals surface area contributed by atoms with Crippen LogP contribution < -0.4 is 16.0 Å². The summed E-state index contributed by atoms with van der Waals surface area (Å²) < 4.78 is 5.22. The van der Waals surface area contributed by atoms with Crippen LogP contribution in [0.15, 0.2) is 53.5 Å². The van der Waals surface area contributed by atoms with Crippen LogP contribution in [0.1, 0.15) is 57.9 Å². The minimum Gasteiger partial charge on any atom is -0.480 e. The van der Waals surface area contributed by atoms with Gasteiger partial charge in [-0.2, -0.15) is 0 Å². The summed E-state index contributed by atoms with van der Waals surface area (Å²) in [5, 5.41) is 20.2. The van der Waals surface area contributed by atoms with Crippen LogP contribution in [0.3, 0.4) is 0 Å². The molecule has 1 aliphatic carbocycles. The van der Waals surface area contributed by atoms with Gasteiger partial charge in [-0.05, 0) is 69.6 Å². The number of para-hydroxylation sites is 1. The van der Waals surface area contributed by atoms with Gasteiger partial charge in [0, 0.05) is 12.6 Å². The fraction of sp³-hybridized carbons (Fsp3) is 0.515. The minimum atomic E-state index is -0.944. The van der Waals surface area contributed by atoms with Crippen LogP contribution in [-0.2, 0) is 25.5 Å².